The van der Waals surface area contributed by atoms with E-state index >= 15 is 0 Å². The summed E-state index contributed by atoms with van der Waals surface area (Å²) in [6.07, 6.45) is 4.22. The lowest BCUT2D eigenvalue weighted by Gasteiger charge is -2.61. The quantitative estimate of drug-likeness (QED) is 0.612. The molecule has 3 aliphatic carbocycles. The molecule has 1 heterocycles. The van der Waals surface area contributed by atoms with Crippen LogP contribution in [0.2, 0.25) is 0 Å². The van der Waals surface area contributed by atoms with E-state index in [4.69, 9.17) is 5.26 Å². The van der Waals surface area contributed by atoms with Gasteiger partial charge in [0.15, 0.2) is 0 Å². The van der Waals surface area contributed by atoms with Gasteiger partial charge in [-0.05, 0) is 49.4 Å². The first kappa shape index (κ1) is 17.9. The molecular weight excluding hydrogens is 363 g/mol. The fourth-order valence-electron chi connectivity index (χ4n) is 3.93. The summed E-state index contributed by atoms with van der Waals surface area (Å²) >= 11 is 0. The molecule has 3 fully saturated rings. The van der Waals surface area contributed by atoms with Gasteiger partial charge in [0.05, 0.1) is 11.1 Å². The number of aryl methyl sites for hydroxylation is 1. The normalized spacial score (nSPS) is 21.7. The summed E-state index contributed by atoms with van der Waals surface area (Å²) in [5, 5.41) is 14.2. The third-order valence-electron chi connectivity index (χ3n) is 5.50. The highest BCUT2D eigenvalue weighted by Crippen LogP contribution is 2.56. The largest absolute Gasteiger partial charge is 0.346 e. The van der Waals surface area contributed by atoms with Crippen LogP contribution in [0.5, 0.6) is 0 Å². The number of benzene rings is 1. The Labute approximate surface area is 160 Å². The van der Waals surface area contributed by atoms with Crippen molar-refractivity contribution in [3.05, 3.63) is 53.1 Å². The Morgan fingerprint density at radius 1 is 1.25 bits per heavy atom. The van der Waals surface area contributed by atoms with Crippen molar-refractivity contribution in [2.75, 3.05) is 5.32 Å². The van der Waals surface area contributed by atoms with E-state index in [0.29, 0.717) is 5.92 Å². The number of hydrogen-bond acceptors (Lipinski definition) is 4. The Hall–Kier alpha value is -3.47. The first-order valence-corrected chi connectivity index (χ1v) is 8.85. The molecule has 28 heavy (non-hydrogen) atoms. The minimum atomic E-state index is -0.771. The van der Waals surface area contributed by atoms with Crippen LogP contribution in [0.1, 0.15) is 45.7 Å². The number of anilines is 1. The zero-order valence-electron chi connectivity index (χ0n) is 15.1. The molecule has 3 aliphatic rings. The number of nitriles is 1. The number of hydrogen-bond donors (Lipinski definition) is 2. The second kappa shape index (κ2) is 6.30. The van der Waals surface area contributed by atoms with Gasteiger partial charge in [-0.25, -0.2) is 4.39 Å². The number of carbonyl (C=O) groups is 3. The molecule has 2 aromatic rings. The van der Waals surface area contributed by atoms with Gasteiger partial charge in [0.2, 0.25) is 0 Å². The Morgan fingerprint density at radius 2 is 1.96 bits per heavy atom. The zero-order valence-corrected chi connectivity index (χ0v) is 15.1. The van der Waals surface area contributed by atoms with E-state index in [9.17, 15) is 18.8 Å². The SMILES string of the molecule is Cn1ccc(C(=O)C(=O)NC23CC(C2)C3)c1C(=O)Nc1ccc(F)c(C#N)c1. The van der Waals surface area contributed by atoms with Crippen LogP contribution in [0.3, 0.4) is 0 Å². The first-order chi connectivity index (χ1) is 13.3. The van der Waals surface area contributed by atoms with Gasteiger partial charge >= 0.3 is 0 Å². The van der Waals surface area contributed by atoms with Crippen molar-refractivity contribution in [3.63, 3.8) is 0 Å². The highest BCUT2D eigenvalue weighted by atomic mass is 19.1. The van der Waals surface area contributed by atoms with Gasteiger partial charge in [0, 0.05) is 24.5 Å². The Bertz CT molecular complexity index is 1050. The lowest BCUT2D eigenvalue weighted by Crippen LogP contribution is -2.68. The standard InChI is InChI=1S/C20H17FN4O3/c1-25-5-4-14(17(26)19(28)24-20-7-11(8-20)9-20)16(25)18(27)23-13-2-3-15(21)12(6-13)10-22/h2-6,11H,7-9H2,1H3,(H,23,27)(H,24,28). The maximum Gasteiger partial charge on any atom is 0.292 e. The third kappa shape index (κ3) is 2.85. The molecule has 0 saturated heterocycles. The van der Waals surface area contributed by atoms with Gasteiger partial charge in [0.25, 0.3) is 17.6 Å². The average molecular weight is 380 g/mol. The summed E-state index contributed by atoms with van der Waals surface area (Å²) in [5.74, 6) is -2.16. The molecule has 2 amide bonds. The summed E-state index contributed by atoms with van der Waals surface area (Å²) in [7, 11) is 1.58. The highest BCUT2D eigenvalue weighted by Gasteiger charge is 2.57. The molecule has 0 aliphatic heterocycles. The van der Waals surface area contributed by atoms with E-state index in [2.05, 4.69) is 10.6 Å². The number of rotatable bonds is 5. The number of nitrogens with one attached hydrogen (secondary N) is 2. The molecule has 7 nitrogen and oxygen atoms in total. The topological polar surface area (TPSA) is 104 Å². The Morgan fingerprint density at radius 3 is 2.57 bits per heavy atom. The van der Waals surface area contributed by atoms with Crippen LogP contribution in [0.4, 0.5) is 10.1 Å². The lowest BCUT2D eigenvalue weighted by atomic mass is 9.50. The Kier molecular flexibility index (Phi) is 4.03. The van der Waals surface area contributed by atoms with Crippen LogP contribution in [0.25, 0.3) is 0 Å². The molecule has 8 heteroatoms. The fourth-order valence-corrected chi connectivity index (χ4v) is 3.93. The van der Waals surface area contributed by atoms with E-state index in [0.717, 1.165) is 25.3 Å². The molecule has 1 aromatic heterocycles. The molecule has 0 radical (unpaired) electrons. The zero-order chi connectivity index (χ0) is 20.1. The van der Waals surface area contributed by atoms with Crippen LogP contribution in [-0.2, 0) is 11.8 Å². The molecule has 2 N–H and O–H groups in total. The molecule has 0 unspecified atom stereocenters. The maximum absolute atomic E-state index is 13.4. The van der Waals surface area contributed by atoms with E-state index in [1.54, 1.807) is 13.1 Å². The molecule has 142 valence electrons. The fraction of sp³-hybridized carbons (Fsp3) is 0.300. The number of Topliss-reactive ketones (excluding diaryl/α,β-unsaturated/α-hetero) is 1. The summed E-state index contributed by atoms with van der Waals surface area (Å²) in [5.41, 5.74) is -0.233. The minimum absolute atomic E-state index is 0.00767. The second-order valence-corrected chi connectivity index (χ2v) is 7.49. The van der Waals surface area contributed by atoms with Crippen molar-refractivity contribution < 1.29 is 18.8 Å². The smallest absolute Gasteiger partial charge is 0.292 e. The van der Waals surface area contributed by atoms with Crippen molar-refractivity contribution in [3.8, 4) is 6.07 Å². The number of ketones is 1. The van der Waals surface area contributed by atoms with Crippen molar-refractivity contribution >= 4 is 23.3 Å². The summed E-state index contributed by atoms with van der Waals surface area (Å²) in [4.78, 5) is 37.7. The van der Waals surface area contributed by atoms with Gasteiger partial charge < -0.3 is 15.2 Å². The predicted molar refractivity (Wildman–Crippen MR) is 97.0 cm³/mol. The van der Waals surface area contributed by atoms with E-state index in [-0.39, 0.29) is 28.0 Å². The minimum Gasteiger partial charge on any atom is -0.346 e. The first-order valence-electron chi connectivity index (χ1n) is 8.85. The van der Waals surface area contributed by atoms with Crippen molar-refractivity contribution in [1.82, 2.24) is 9.88 Å². The maximum atomic E-state index is 13.4. The van der Waals surface area contributed by atoms with Crippen LogP contribution < -0.4 is 10.6 Å². The number of aromatic nitrogens is 1. The van der Waals surface area contributed by atoms with Crippen LogP contribution in [0, 0.1) is 23.1 Å². The highest BCUT2D eigenvalue weighted by molar-refractivity contribution is 6.44. The molecule has 3 saturated carbocycles. The number of amides is 2. The molecule has 5 rings (SSSR count). The van der Waals surface area contributed by atoms with Crippen molar-refractivity contribution in [2.24, 2.45) is 13.0 Å². The molecular formula is C20H17FN4O3. The van der Waals surface area contributed by atoms with Gasteiger partial charge in [-0.1, -0.05) is 0 Å². The van der Waals surface area contributed by atoms with Crippen LogP contribution in [-0.4, -0.2) is 27.7 Å². The Balaban J connectivity index is 1.54. The summed E-state index contributed by atoms with van der Waals surface area (Å²) in [6.45, 7) is 0. The number of nitrogens with zero attached hydrogens (tertiary/aromatic N) is 2. The summed E-state index contributed by atoms with van der Waals surface area (Å²) in [6, 6.07) is 6.71. The van der Waals surface area contributed by atoms with Gasteiger partial charge in [0.1, 0.15) is 17.6 Å². The average Bonchev–Trinajstić information content (AvgIpc) is 2.99. The van der Waals surface area contributed by atoms with E-state index < -0.39 is 23.4 Å². The number of carbonyl (C=O) groups excluding carboxylic acids is 3. The van der Waals surface area contributed by atoms with Gasteiger partial charge in [-0.3, -0.25) is 14.4 Å². The molecule has 0 spiro atoms. The molecule has 2 bridgehead atoms. The molecule has 0 atom stereocenters. The number of halogens is 1. The second-order valence-electron chi connectivity index (χ2n) is 7.49. The van der Waals surface area contributed by atoms with Gasteiger partial charge in [-0.15, -0.1) is 0 Å². The van der Waals surface area contributed by atoms with Crippen LogP contribution in [0.15, 0.2) is 30.5 Å². The van der Waals surface area contributed by atoms with E-state index in [1.165, 1.54) is 29.0 Å². The third-order valence-corrected chi connectivity index (χ3v) is 5.50. The summed E-state index contributed by atoms with van der Waals surface area (Å²) < 4.78 is 14.9. The van der Waals surface area contributed by atoms with E-state index in [1.807, 2.05) is 0 Å². The van der Waals surface area contributed by atoms with Crippen molar-refractivity contribution in [1.29, 1.82) is 5.26 Å². The lowest BCUT2D eigenvalue weighted by molar-refractivity contribution is -0.128. The monoisotopic (exact) mass is 380 g/mol. The molecule has 1 aromatic carbocycles. The predicted octanol–water partition coefficient (Wildman–Crippen LogP) is 2.14. The van der Waals surface area contributed by atoms with Crippen LogP contribution >= 0.6 is 0 Å². The van der Waals surface area contributed by atoms with Gasteiger partial charge in [-0.2, -0.15) is 5.26 Å². The van der Waals surface area contributed by atoms with Crippen molar-refractivity contribution in [2.45, 2.75) is 24.8 Å².